The molecule has 2 aromatic rings. The normalized spacial score (nSPS) is 11.4. The van der Waals surface area contributed by atoms with E-state index in [-0.39, 0.29) is 11.1 Å². The fourth-order valence-corrected chi connectivity index (χ4v) is 2.00. The molecule has 0 spiro atoms. The van der Waals surface area contributed by atoms with Crippen molar-refractivity contribution in [1.82, 2.24) is 0 Å². The highest BCUT2D eigenvalue weighted by Crippen LogP contribution is 2.14. The summed E-state index contributed by atoms with van der Waals surface area (Å²) in [6.45, 7) is 1.43. The molecule has 0 aliphatic heterocycles. The first-order valence-electron chi connectivity index (χ1n) is 7.04. The van der Waals surface area contributed by atoms with Crippen LogP contribution in [0.5, 0.6) is 0 Å². The van der Waals surface area contributed by atoms with Crippen LogP contribution < -0.4 is 11.1 Å². The molecule has 0 bridgehead atoms. The SMILES string of the molecule is C[C@@H](OC(=O)c1cccc(NC(N)=O)c1)C(=O)c1ccc(F)cc1. The Labute approximate surface area is 137 Å². The van der Waals surface area contributed by atoms with Gasteiger partial charge in [0.25, 0.3) is 0 Å². The molecule has 124 valence electrons. The predicted molar refractivity (Wildman–Crippen MR) is 85.3 cm³/mol. The van der Waals surface area contributed by atoms with Crippen LogP contribution in [0, 0.1) is 5.82 Å². The van der Waals surface area contributed by atoms with Gasteiger partial charge in [-0.3, -0.25) is 4.79 Å². The summed E-state index contributed by atoms with van der Waals surface area (Å²) in [5, 5.41) is 2.34. The number of nitrogens with two attached hydrogens (primary N) is 1. The fourth-order valence-electron chi connectivity index (χ4n) is 2.00. The third-order valence-corrected chi connectivity index (χ3v) is 3.15. The van der Waals surface area contributed by atoms with Crippen LogP contribution in [0.1, 0.15) is 27.6 Å². The van der Waals surface area contributed by atoms with Gasteiger partial charge >= 0.3 is 12.0 Å². The summed E-state index contributed by atoms with van der Waals surface area (Å²) in [7, 11) is 0. The molecule has 6 nitrogen and oxygen atoms in total. The molecule has 0 unspecified atom stereocenters. The van der Waals surface area contributed by atoms with E-state index in [1.807, 2.05) is 0 Å². The summed E-state index contributed by atoms with van der Waals surface area (Å²) < 4.78 is 18.0. The number of ether oxygens (including phenoxy) is 1. The minimum atomic E-state index is -1.05. The van der Waals surface area contributed by atoms with Crippen LogP contribution >= 0.6 is 0 Å². The van der Waals surface area contributed by atoms with Gasteiger partial charge in [-0.15, -0.1) is 0 Å². The first kappa shape index (κ1) is 17.1. The van der Waals surface area contributed by atoms with Crippen molar-refractivity contribution in [1.29, 1.82) is 0 Å². The number of hydrogen-bond donors (Lipinski definition) is 2. The van der Waals surface area contributed by atoms with Crippen molar-refractivity contribution in [2.75, 3.05) is 5.32 Å². The third kappa shape index (κ3) is 4.39. The number of hydrogen-bond acceptors (Lipinski definition) is 4. The summed E-state index contributed by atoms with van der Waals surface area (Å²) in [6, 6.07) is 10.1. The topological polar surface area (TPSA) is 98.5 Å². The quantitative estimate of drug-likeness (QED) is 0.650. The second-order valence-electron chi connectivity index (χ2n) is 4.99. The molecule has 1 atom stereocenters. The van der Waals surface area contributed by atoms with Crippen LogP contribution in [0.4, 0.5) is 14.9 Å². The van der Waals surface area contributed by atoms with E-state index in [1.54, 1.807) is 6.07 Å². The lowest BCUT2D eigenvalue weighted by atomic mass is 10.1. The highest BCUT2D eigenvalue weighted by atomic mass is 19.1. The van der Waals surface area contributed by atoms with Crippen molar-refractivity contribution in [2.45, 2.75) is 13.0 Å². The molecular weight excluding hydrogens is 315 g/mol. The van der Waals surface area contributed by atoms with Crippen LogP contribution in [0.25, 0.3) is 0 Å². The number of anilines is 1. The summed E-state index contributed by atoms with van der Waals surface area (Å²) in [5.74, 6) is -1.64. The van der Waals surface area contributed by atoms with E-state index in [2.05, 4.69) is 5.32 Å². The standard InChI is InChI=1S/C17H15FN2O4/c1-10(15(21)11-5-7-13(18)8-6-11)24-16(22)12-3-2-4-14(9-12)20-17(19)23/h2-10H,1H3,(H3,19,20,23)/t10-/m1/s1. The molecule has 2 amide bonds. The van der Waals surface area contributed by atoms with Gasteiger partial charge in [0.1, 0.15) is 5.82 Å². The van der Waals surface area contributed by atoms with Crippen molar-refractivity contribution < 1.29 is 23.5 Å². The van der Waals surface area contributed by atoms with Crippen molar-refractivity contribution in [3.63, 3.8) is 0 Å². The van der Waals surface area contributed by atoms with E-state index in [4.69, 9.17) is 10.5 Å². The zero-order valence-electron chi connectivity index (χ0n) is 12.8. The van der Waals surface area contributed by atoms with Crippen LogP contribution in [0.3, 0.4) is 0 Å². The van der Waals surface area contributed by atoms with Crippen molar-refractivity contribution >= 4 is 23.5 Å². The summed E-state index contributed by atoms with van der Waals surface area (Å²) in [4.78, 5) is 35.1. The van der Waals surface area contributed by atoms with Gasteiger partial charge in [-0.25, -0.2) is 14.0 Å². The minimum Gasteiger partial charge on any atom is -0.451 e. The van der Waals surface area contributed by atoms with E-state index < -0.39 is 29.7 Å². The Bertz CT molecular complexity index is 774. The molecule has 24 heavy (non-hydrogen) atoms. The molecule has 0 heterocycles. The molecule has 2 rings (SSSR count). The Morgan fingerprint density at radius 2 is 1.75 bits per heavy atom. The summed E-state index contributed by atoms with van der Waals surface area (Å²) >= 11 is 0. The van der Waals surface area contributed by atoms with E-state index in [1.165, 1.54) is 37.3 Å². The van der Waals surface area contributed by atoms with Crippen molar-refractivity contribution in [2.24, 2.45) is 5.73 Å². The van der Waals surface area contributed by atoms with Gasteiger partial charge in [0, 0.05) is 11.3 Å². The second kappa shape index (κ2) is 7.36. The monoisotopic (exact) mass is 330 g/mol. The lowest BCUT2D eigenvalue weighted by Gasteiger charge is -2.13. The van der Waals surface area contributed by atoms with Gasteiger partial charge in [-0.1, -0.05) is 6.07 Å². The van der Waals surface area contributed by atoms with Crippen LogP contribution in [-0.2, 0) is 4.74 Å². The molecular formula is C17H15FN2O4. The van der Waals surface area contributed by atoms with Gasteiger partial charge < -0.3 is 15.8 Å². The van der Waals surface area contributed by atoms with Crippen LogP contribution in [-0.4, -0.2) is 23.9 Å². The fraction of sp³-hybridized carbons (Fsp3) is 0.118. The minimum absolute atomic E-state index is 0.153. The molecule has 0 aliphatic carbocycles. The van der Waals surface area contributed by atoms with E-state index in [0.717, 1.165) is 12.1 Å². The average Bonchev–Trinajstić information content (AvgIpc) is 2.54. The third-order valence-electron chi connectivity index (χ3n) is 3.15. The predicted octanol–water partition coefficient (Wildman–Crippen LogP) is 2.74. The number of rotatable bonds is 5. The maximum atomic E-state index is 12.9. The number of benzene rings is 2. The lowest BCUT2D eigenvalue weighted by molar-refractivity contribution is 0.0319. The molecule has 2 aromatic carbocycles. The maximum Gasteiger partial charge on any atom is 0.338 e. The lowest BCUT2D eigenvalue weighted by Crippen LogP contribution is -2.24. The Kier molecular flexibility index (Phi) is 5.26. The van der Waals surface area contributed by atoms with E-state index in [0.29, 0.717) is 5.69 Å². The zero-order valence-corrected chi connectivity index (χ0v) is 12.8. The highest BCUT2D eigenvalue weighted by Gasteiger charge is 2.20. The molecule has 0 saturated heterocycles. The number of halogens is 1. The Balaban J connectivity index is 2.07. The van der Waals surface area contributed by atoms with Gasteiger partial charge in [0.05, 0.1) is 5.56 Å². The number of nitrogens with one attached hydrogen (secondary N) is 1. The highest BCUT2D eigenvalue weighted by molar-refractivity contribution is 6.01. The first-order valence-corrected chi connectivity index (χ1v) is 7.04. The zero-order chi connectivity index (χ0) is 17.7. The molecule has 0 aliphatic rings. The first-order chi connectivity index (χ1) is 11.4. The molecule has 0 aromatic heterocycles. The van der Waals surface area contributed by atoms with Gasteiger partial charge in [-0.05, 0) is 49.4 Å². The van der Waals surface area contributed by atoms with Crippen LogP contribution in [0.2, 0.25) is 0 Å². The molecule has 0 fully saturated rings. The number of esters is 1. The van der Waals surface area contributed by atoms with Gasteiger partial charge in [0.2, 0.25) is 5.78 Å². The van der Waals surface area contributed by atoms with Crippen molar-refractivity contribution in [3.8, 4) is 0 Å². The largest absolute Gasteiger partial charge is 0.451 e. The molecule has 0 radical (unpaired) electrons. The summed E-state index contributed by atoms with van der Waals surface area (Å²) in [5.41, 5.74) is 5.73. The molecule has 7 heteroatoms. The number of primary amides is 1. The number of urea groups is 1. The Morgan fingerprint density at radius 3 is 2.38 bits per heavy atom. The van der Waals surface area contributed by atoms with Gasteiger partial charge in [-0.2, -0.15) is 0 Å². The summed E-state index contributed by atoms with van der Waals surface area (Å²) in [6.07, 6.45) is -1.05. The smallest absolute Gasteiger partial charge is 0.338 e. The average molecular weight is 330 g/mol. The molecule has 0 saturated carbocycles. The number of carbonyl (C=O) groups excluding carboxylic acids is 3. The number of ketones is 1. The van der Waals surface area contributed by atoms with Crippen molar-refractivity contribution in [3.05, 3.63) is 65.5 Å². The molecule has 3 N–H and O–H groups in total. The number of Topliss-reactive ketones (excluding diaryl/α,β-unsaturated/α-hetero) is 1. The Hall–Kier alpha value is -3.22. The van der Waals surface area contributed by atoms with E-state index in [9.17, 15) is 18.8 Å². The maximum absolute atomic E-state index is 12.9. The van der Waals surface area contributed by atoms with Gasteiger partial charge in [0.15, 0.2) is 6.10 Å². The Morgan fingerprint density at radius 1 is 1.08 bits per heavy atom. The number of amides is 2. The van der Waals surface area contributed by atoms with E-state index >= 15 is 0 Å². The number of carbonyl (C=O) groups is 3. The van der Waals surface area contributed by atoms with Crippen LogP contribution in [0.15, 0.2) is 48.5 Å². The second-order valence-corrected chi connectivity index (χ2v) is 4.99.